The van der Waals surface area contributed by atoms with Crippen LogP contribution in [0.15, 0.2) is 0 Å². The third-order valence-corrected chi connectivity index (χ3v) is 2.99. The Labute approximate surface area is 84.5 Å². The van der Waals surface area contributed by atoms with E-state index in [0.717, 1.165) is 6.04 Å². The average molecular weight is 185 g/mol. The molecule has 0 spiro atoms. The fraction of sp³-hybridized carbons (Fsp3) is 1.00. The molecule has 0 aromatic carbocycles. The molecule has 1 nitrogen and oxygen atoms in total. The van der Waals surface area contributed by atoms with Gasteiger partial charge in [0.25, 0.3) is 0 Å². The smallest absolute Gasteiger partial charge is 0.00665 e. The molecule has 0 aliphatic heterocycles. The minimum atomic E-state index is 0.682. The summed E-state index contributed by atoms with van der Waals surface area (Å²) in [7, 11) is 2.23. The second kappa shape index (κ2) is 7.37. The highest BCUT2D eigenvalue weighted by atomic mass is 15.1. The Morgan fingerprint density at radius 1 is 1.00 bits per heavy atom. The molecular formula is C12H27N. The van der Waals surface area contributed by atoms with Gasteiger partial charge in [0.05, 0.1) is 0 Å². The molecule has 0 radical (unpaired) electrons. The summed E-state index contributed by atoms with van der Waals surface area (Å²) in [5.41, 5.74) is 0. The second-order valence-electron chi connectivity index (χ2n) is 4.46. The Morgan fingerprint density at radius 2 is 1.62 bits per heavy atom. The van der Waals surface area contributed by atoms with E-state index in [0.29, 0.717) is 6.04 Å². The fourth-order valence-electron chi connectivity index (χ4n) is 1.58. The average Bonchev–Trinajstić information content (AvgIpc) is 2.10. The molecule has 0 saturated carbocycles. The van der Waals surface area contributed by atoms with Gasteiger partial charge in [0.1, 0.15) is 0 Å². The molecule has 0 N–H and O–H groups in total. The second-order valence-corrected chi connectivity index (χ2v) is 4.46. The molecule has 0 aliphatic carbocycles. The van der Waals surface area contributed by atoms with Gasteiger partial charge in [-0.05, 0) is 34.2 Å². The molecule has 0 fully saturated rings. The lowest BCUT2D eigenvalue weighted by Gasteiger charge is -2.28. The van der Waals surface area contributed by atoms with E-state index in [2.05, 4.69) is 39.6 Å². The summed E-state index contributed by atoms with van der Waals surface area (Å²) >= 11 is 0. The number of nitrogens with zero attached hydrogens (tertiary/aromatic N) is 1. The Hall–Kier alpha value is -0.0400. The van der Waals surface area contributed by atoms with Crippen molar-refractivity contribution in [2.24, 2.45) is 0 Å². The third kappa shape index (κ3) is 6.09. The molecule has 1 heteroatoms. The zero-order chi connectivity index (χ0) is 10.3. The van der Waals surface area contributed by atoms with Crippen LogP contribution < -0.4 is 0 Å². The van der Waals surface area contributed by atoms with E-state index >= 15 is 0 Å². The Bertz CT molecular complexity index is 110. The zero-order valence-corrected chi connectivity index (χ0v) is 10.1. The molecule has 80 valence electrons. The summed E-state index contributed by atoms with van der Waals surface area (Å²) in [6, 6.07) is 1.43. The number of unbranched alkanes of at least 4 members (excludes halogenated alkanes) is 3. The van der Waals surface area contributed by atoms with E-state index in [1.807, 2.05) is 0 Å². The van der Waals surface area contributed by atoms with Gasteiger partial charge in [0, 0.05) is 12.1 Å². The predicted octanol–water partition coefficient (Wildman–Crippen LogP) is 3.69. The van der Waals surface area contributed by atoms with Crippen molar-refractivity contribution in [3.05, 3.63) is 0 Å². The zero-order valence-electron chi connectivity index (χ0n) is 10.1. The van der Waals surface area contributed by atoms with Crippen molar-refractivity contribution >= 4 is 0 Å². The highest BCUT2D eigenvalue weighted by Gasteiger charge is 2.10. The number of hydrogen-bond acceptors (Lipinski definition) is 1. The van der Waals surface area contributed by atoms with Crippen LogP contribution in [0.2, 0.25) is 0 Å². The van der Waals surface area contributed by atoms with E-state index in [9.17, 15) is 0 Å². The van der Waals surface area contributed by atoms with Gasteiger partial charge in [-0.25, -0.2) is 0 Å². The maximum Gasteiger partial charge on any atom is 0.00665 e. The highest BCUT2D eigenvalue weighted by Crippen LogP contribution is 2.11. The molecule has 0 aliphatic rings. The molecule has 0 saturated heterocycles. The highest BCUT2D eigenvalue weighted by molar-refractivity contribution is 4.66. The van der Waals surface area contributed by atoms with Crippen molar-refractivity contribution in [3.8, 4) is 0 Å². The van der Waals surface area contributed by atoms with Crippen molar-refractivity contribution in [1.82, 2.24) is 4.90 Å². The van der Waals surface area contributed by atoms with Crippen LogP contribution >= 0.6 is 0 Å². The van der Waals surface area contributed by atoms with Gasteiger partial charge >= 0.3 is 0 Å². The minimum Gasteiger partial charge on any atom is -0.301 e. The van der Waals surface area contributed by atoms with Crippen LogP contribution in [-0.4, -0.2) is 24.0 Å². The summed E-state index contributed by atoms with van der Waals surface area (Å²) in [5, 5.41) is 0. The molecule has 0 aromatic rings. The van der Waals surface area contributed by atoms with Crippen LogP contribution in [0.4, 0.5) is 0 Å². The first-order valence-electron chi connectivity index (χ1n) is 5.81. The lowest BCUT2D eigenvalue weighted by atomic mass is 10.1. The Balaban J connectivity index is 3.44. The SMILES string of the molecule is CCCCCCC(C)N(C)C(C)C. The monoisotopic (exact) mass is 185 g/mol. The molecular weight excluding hydrogens is 158 g/mol. The van der Waals surface area contributed by atoms with Crippen LogP contribution in [0.3, 0.4) is 0 Å². The summed E-state index contributed by atoms with van der Waals surface area (Å²) in [5.74, 6) is 0. The first-order chi connectivity index (χ1) is 6.09. The molecule has 0 amide bonds. The van der Waals surface area contributed by atoms with Crippen molar-refractivity contribution in [3.63, 3.8) is 0 Å². The largest absolute Gasteiger partial charge is 0.301 e. The van der Waals surface area contributed by atoms with Crippen LogP contribution in [0, 0.1) is 0 Å². The first kappa shape index (κ1) is 13.0. The number of rotatable bonds is 7. The van der Waals surface area contributed by atoms with Gasteiger partial charge in [0.15, 0.2) is 0 Å². The molecule has 1 atom stereocenters. The lowest BCUT2D eigenvalue weighted by Crippen LogP contribution is -2.34. The van der Waals surface area contributed by atoms with E-state index in [4.69, 9.17) is 0 Å². The molecule has 0 aromatic heterocycles. The van der Waals surface area contributed by atoms with Gasteiger partial charge in [-0.2, -0.15) is 0 Å². The number of hydrogen-bond donors (Lipinski definition) is 0. The maximum absolute atomic E-state index is 2.46. The predicted molar refractivity (Wildman–Crippen MR) is 61.1 cm³/mol. The van der Waals surface area contributed by atoms with Crippen LogP contribution in [0.25, 0.3) is 0 Å². The van der Waals surface area contributed by atoms with Gasteiger partial charge < -0.3 is 4.90 Å². The minimum absolute atomic E-state index is 0.682. The third-order valence-electron chi connectivity index (χ3n) is 2.99. The van der Waals surface area contributed by atoms with Crippen LogP contribution in [0.1, 0.15) is 59.8 Å². The summed E-state index contributed by atoms with van der Waals surface area (Å²) in [4.78, 5) is 2.46. The fourth-order valence-corrected chi connectivity index (χ4v) is 1.58. The van der Waals surface area contributed by atoms with Gasteiger partial charge in [0.2, 0.25) is 0 Å². The molecule has 13 heavy (non-hydrogen) atoms. The lowest BCUT2D eigenvalue weighted by molar-refractivity contribution is 0.196. The van der Waals surface area contributed by atoms with E-state index in [-0.39, 0.29) is 0 Å². The van der Waals surface area contributed by atoms with Crippen LogP contribution in [0.5, 0.6) is 0 Å². The van der Waals surface area contributed by atoms with Gasteiger partial charge in [-0.1, -0.05) is 32.6 Å². The summed E-state index contributed by atoms with van der Waals surface area (Å²) < 4.78 is 0. The molecule has 0 heterocycles. The maximum atomic E-state index is 2.46. The van der Waals surface area contributed by atoms with Crippen molar-refractivity contribution < 1.29 is 0 Å². The van der Waals surface area contributed by atoms with E-state index in [1.165, 1.54) is 32.1 Å². The quantitative estimate of drug-likeness (QED) is 0.547. The summed E-state index contributed by atoms with van der Waals surface area (Å²) in [6.45, 7) is 9.14. The normalized spacial score (nSPS) is 14.1. The Morgan fingerprint density at radius 3 is 2.08 bits per heavy atom. The summed E-state index contributed by atoms with van der Waals surface area (Å²) in [6.07, 6.45) is 6.90. The molecule has 1 unspecified atom stereocenters. The topological polar surface area (TPSA) is 3.24 Å². The standard InChI is InChI=1S/C12H27N/c1-6-7-8-9-10-12(4)13(5)11(2)3/h11-12H,6-10H2,1-5H3. The van der Waals surface area contributed by atoms with Crippen molar-refractivity contribution in [1.29, 1.82) is 0 Å². The van der Waals surface area contributed by atoms with E-state index < -0.39 is 0 Å². The van der Waals surface area contributed by atoms with E-state index in [1.54, 1.807) is 0 Å². The van der Waals surface area contributed by atoms with Crippen molar-refractivity contribution in [2.45, 2.75) is 71.9 Å². The van der Waals surface area contributed by atoms with Gasteiger partial charge in [-0.15, -0.1) is 0 Å². The van der Waals surface area contributed by atoms with Gasteiger partial charge in [-0.3, -0.25) is 0 Å². The molecule has 0 bridgehead atoms. The van der Waals surface area contributed by atoms with Crippen LogP contribution in [-0.2, 0) is 0 Å². The Kier molecular flexibility index (Phi) is 7.35. The molecule has 0 rings (SSSR count). The van der Waals surface area contributed by atoms with Crippen molar-refractivity contribution in [2.75, 3.05) is 7.05 Å². The first-order valence-corrected chi connectivity index (χ1v) is 5.81.